The Balaban J connectivity index is 2.42. The highest BCUT2D eigenvalue weighted by molar-refractivity contribution is 7.98. The zero-order chi connectivity index (χ0) is 15.4. The molecule has 0 unspecified atom stereocenters. The van der Waals surface area contributed by atoms with Crippen LogP contribution in [0.5, 0.6) is 0 Å². The van der Waals surface area contributed by atoms with E-state index in [4.69, 9.17) is 5.73 Å². The van der Waals surface area contributed by atoms with Gasteiger partial charge in [0.05, 0.1) is 10.7 Å². The Labute approximate surface area is 122 Å². The number of aromatic nitrogens is 1. The first kappa shape index (κ1) is 17.2. The summed E-state index contributed by atoms with van der Waals surface area (Å²) in [4.78, 5) is 4.21. The van der Waals surface area contributed by atoms with Gasteiger partial charge in [-0.05, 0) is 6.92 Å². The molecule has 0 aliphatic carbocycles. The highest BCUT2D eigenvalue weighted by Crippen LogP contribution is 2.24. The van der Waals surface area contributed by atoms with E-state index in [1.807, 2.05) is 12.3 Å². The maximum Gasteiger partial charge on any atom is 0.518 e. The topological polar surface area (TPSA) is 85.4 Å². The van der Waals surface area contributed by atoms with Crippen LogP contribution < -0.4 is 5.73 Å². The normalized spacial score (nSPS) is 13.7. The second-order valence-corrected chi connectivity index (χ2v) is 7.43. The van der Waals surface area contributed by atoms with Crippen molar-refractivity contribution in [2.24, 2.45) is 10.1 Å². The van der Waals surface area contributed by atoms with Crippen molar-refractivity contribution in [3.63, 3.8) is 0 Å². The van der Waals surface area contributed by atoms with Crippen molar-refractivity contribution >= 4 is 39.0 Å². The number of thioether (sulfide) groups is 1. The van der Waals surface area contributed by atoms with Crippen LogP contribution in [0, 0.1) is 6.92 Å². The fourth-order valence-electron chi connectivity index (χ4n) is 1.08. The third kappa shape index (κ3) is 5.29. The van der Waals surface area contributed by atoms with Gasteiger partial charge in [-0.1, -0.05) is 0 Å². The van der Waals surface area contributed by atoms with Gasteiger partial charge in [0.2, 0.25) is 0 Å². The number of halogens is 3. The van der Waals surface area contributed by atoms with E-state index in [1.54, 1.807) is 0 Å². The number of amidine groups is 1. The fourth-order valence-corrected chi connectivity index (χ4v) is 3.16. The van der Waals surface area contributed by atoms with E-state index in [0.29, 0.717) is 11.5 Å². The lowest BCUT2D eigenvalue weighted by atomic mass is 10.5. The van der Waals surface area contributed by atoms with Crippen molar-refractivity contribution in [1.82, 2.24) is 4.98 Å². The van der Waals surface area contributed by atoms with Gasteiger partial charge in [0.25, 0.3) is 0 Å². The smallest absolute Gasteiger partial charge is 0.386 e. The zero-order valence-corrected chi connectivity index (χ0v) is 12.8. The molecule has 0 aromatic carbocycles. The molecule has 1 heterocycles. The first-order chi connectivity index (χ1) is 9.12. The van der Waals surface area contributed by atoms with Crippen LogP contribution in [0.15, 0.2) is 9.78 Å². The van der Waals surface area contributed by atoms with Gasteiger partial charge in [0.1, 0.15) is 5.84 Å². The largest absolute Gasteiger partial charge is 0.518 e. The van der Waals surface area contributed by atoms with Crippen LogP contribution in [0.25, 0.3) is 0 Å². The van der Waals surface area contributed by atoms with Crippen LogP contribution in [0.1, 0.15) is 17.1 Å². The van der Waals surface area contributed by atoms with Gasteiger partial charge >= 0.3 is 15.5 Å². The lowest BCUT2D eigenvalue weighted by molar-refractivity contribution is -0.0435. The number of sulfonamides is 1. The number of alkyl halides is 3. The summed E-state index contributed by atoms with van der Waals surface area (Å²) in [5.41, 5.74) is 0.641. The minimum Gasteiger partial charge on any atom is -0.386 e. The van der Waals surface area contributed by atoms with Gasteiger partial charge in [-0.2, -0.15) is 33.4 Å². The Bertz CT molecular complexity index is 581. The first-order valence-electron chi connectivity index (χ1n) is 5.26. The van der Waals surface area contributed by atoms with Crippen LogP contribution in [0.2, 0.25) is 0 Å². The van der Waals surface area contributed by atoms with Crippen LogP contribution in [0.3, 0.4) is 0 Å². The maximum atomic E-state index is 12.0. The highest BCUT2D eigenvalue weighted by Gasteiger charge is 2.46. The van der Waals surface area contributed by atoms with Gasteiger partial charge in [-0.15, -0.1) is 15.7 Å². The van der Waals surface area contributed by atoms with Crippen molar-refractivity contribution in [3.8, 4) is 0 Å². The number of aryl methyl sites for hydroxylation is 1. The molecule has 2 N–H and O–H groups in total. The van der Waals surface area contributed by atoms with Crippen molar-refractivity contribution in [2.75, 3.05) is 5.75 Å². The van der Waals surface area contributed by atoms with Gasteiger partial charge in [0.15, 0.2) is 0 Å². The minimum absolute atomic E-state index is 0.0386. The number of nitrogens with two attached hydrogens (primary N) is 1. The van der Waals surface area contributed by atoms with E-state index >= 15 is 0 Å². The predicted molar refractivity (Wildman–Crippen MR) is 74.2 cm³/mol. The molecule has 114 valence electrons. The Morgan fingerprint density at radius 3 is 2.70 bits per heavy atom. The summed E-state index contributed by atoms with van der Waals surface area (Å²) >= 11 is 2.89. The summed E-state index contributed by atoms with van der Waals surface area (Å²) in [6.07, 6.45) is -0.0386. The molecule has 0 saturated heterocycles. The Hall–Kier alpha value is -0.810. The molecule has 0 radical (unpaired) electrons. The molecule has 5 nitrogen and oxygen atoms in total. The second kappa shape index (κ2) is 6.76. The molecule has 1 aromatic heterocycles. The van der Waals surface area contributed by atoms with Crippen LogP contribution in [0.4, 0.5) is 13.2 Å². The predicted octanol–water partition coefficient (Wildman–Crippen LogP) is 2.28. The minimum atomic E-state index is -5.54. The van der Waals surface area contributed by atoms with Crippen LogP contribution in [-0.2, 0) is 15.8 Å². The lowest BCUT2D eigenvalue weighted by Gasteiger charge is -2.04. The number of rotatable bonds is 6. The molecule has 1 aromatic rings. The standard InChI is InChI=1S/C9H12F3N3O2S3/c1-6-14-7(5-19-6)4-18-3-2-8(13)15-20(16,17)9(10,11)12/h5H,2-4H2,1H3,(H2,13,15). The van der Waals surface area contributed by atoms with Crippen molar-refractivity contribution in [3.05, 3.63) is 16.1 Å². The van der Waals surface area contributed by atoms with Crippen molar-refractivity contribution in [2.45, 2.75) is 24.6 Å². The molecule has 0 aliphatic rings. The van der Waals surface area contributed by atoms with Gasteiger partial charge in [-0.3, -0.25) is 0 Å². The molecule has 20 heavy (non-hydrogen) atoms. The Kier molecular flexibility index (Phi) is 5.83. The second-order valence-electron chi connectivity index (χ2n) is 3.66. The third-order valence-corrected chi connectivity index (χ3v) is 4.82. The number of hydrogen-bond donors (Lipinski definition) is 1. The molecule has 0 bridgehead atoms. The highest BCUT2D eigenvalue weighted by atomic mass is 32.2. The maximum absolute atomic E-state index is 12.0. The van der Waals surface area contributed by atoms with Crippen LogP contribution in [-0.4, -0.2) is 30.5 Å². The summed E-state index contributed by atoms with van der Waals surface area (Å²) in [7, 11) is -5.54. The average Bonchev–Trinajstić information content (AvgIpc) is 2.68. The summed E-state index contributed by atoms with van der Waals surface area (Å²) < 4.78 is 60.1. The zero-order valence-electron chi connectivity index (χ0n) is 10.3. The van der Waals surface area contributed by atoms with E-state index < -0.39 is 21.4 Å². The van der Waals surface area contributed by atoms with Gasteiger partial charge < -0.3 is 5.73 Å². The average molecular weight is 347 g/mol. The monoisotopic (exact) mass is 347 g/mol. The van der Waals surface area contributed by atoms with E-state index in [9.17, 15) is 21.6 Å². The fraction of sp³-hybridized carbons (Fsp3) is 0.556. The first-order valence-corrected chi connectivity index (χ1v) is 8.73. The molecule has 0 atom stereocenters. The Morgan fingerprint density at radius 2 is 2.20 bits per heavy atom. The van der Waals surface area contributed by atoms with Crippen molar-refractivity contribution in [1.29, 1.82) is 0 Å². The summed E-state index contributed by atoms with van der Waals surface area (Å²) in [5.74, 6) is 0.396. The molecular weight excluding hydrogens is 335 g/mol. The quantitative estimate of drug-likeness (QED) is 0.485. The Morgan fingerprint density at radius 1 is 1.55 bits per heavy atom. The van der Waals surface area contributed by atoms with E-state index in [-0.39, 0.29) is 6.42 Å². The molecule has 1 rings (SSSR count). The molecule has 11 heteroatoms. The summed E-state index contributed by atoms with van der Waals surface area (Å²) in [6, 6.07) is 0. The van der Waals surface area contributed by atoms with E-state index in [0.717, 1.165) is 10.7 Å². The molecule has 0 amide bonds. The molecule has 0 fully saturated rings. The molecule has 0 aliphatic heterocycles. The van der Waals surface area contributed by atoms with Gasteiger partial charge in [-0.25, -0.2) is 4.98 Å². The molecule has 0 spiro atoms. The number of hydrogen-bond acceptors (Lipinski definition) is 5. The van der Waals surface area contributed by atoms with E-state index in [1.165, 1.54) is 23.1 Å². The van der Waals surface area contributed by atoms with Gasteiger partial charge in [0, 0.05) is 23.3 Å². The van der Waals surface area contributed by atoms with Crippen LogP contribution >= 0.6 is 23.1 Å². The molecular formula is C9H12F3N3O2S3. The third-order valence-electron chi connectivity index (χ3n) is 1.95. The van der Waals surface area contributed by atoms with E-state index in [2.05, 4.69) is 9.38 Å². The van der Waals surface area contributed by atoms with Crippen molar-refractivity contribution < 1.29 is 21.6 Å². The lowest BCUT2D eigenvalue weighted by Crippen LogP contribution is -2.25. The SMILES string of the molecule is Cc1nc(CSCCC(N)=NS(=O)(=O)C(F)(F)F)cs1. The summed E-state index contributed by atoms with van der Waals surface area (Å²) in [5, 5.41) is 2.81. The summed E-state index contributed by atoms with van der Waals surface area (Å²) in [6.45, 7) is 1.87. The number of nitrogens with zero attached hydrogens (tertiary/aromatic N) is 2. The number of thiazole rings is 1. The molecule has 0 saturated carbocycles.